The Labute approximate surface area is 132 Å². The van der Waals surface area contributed by atoms with Crippen molar-refractivity contribution in [2.24, 2.45) is 0 Å². The summed E-state index contributed by atoms with van der Waals surface area (Å²) in [6.07, 6.45) is 3.47. The van der Waals surface area contributed by atoms with E-state index in [1.807, 2.05) is 30.3 Å². The van der Waals surface area contributed by atoms with Gasteiger partial charge in [-0.15, -0.1) is 0 Å². The summed E-state index contributed by atoms with van der Waals surface area (Å²) in [5.74, 6) is 0.709. The first-order valence-corrected chi connectivity index (χ1v) is 7.60. The fraction of sp³-hybridized carbons (Fsp3) is 0.188. The molecule has 3 rings (SSSR count). The second-order valence-electron chi connectivity index (χ2n) is 4.80. The molecule has 6 heteroatoms. The van der Waals surface area contributed by atoms with Crippen LogP contribution in [0.1, 0.15) is 12.5 Å². The van der Waals surface area contributed by atoms with Crippen LogP contribution in [0.2, 0.25) is 0 Å². The molecule has 0 aliphatic heterocycles. The Hall–Kier alpha value is -2.47. The number of hydrogen-bond donors (Lipinski definition) is 0. The molecule has 0 N–H and O–H groups in total. The molecule has 2 heterocycles. The zero-order chi connectivity index (χ0) is 15.5. The fourth-order valence-electron chi connectivity index (χ4n) is 2.13. The molecule has 0 saturated carbocycles. The highest BCUT2D eigenvalue weighted by molar-refractivity contribution is 7.22. The number of hydrogen-bond acceptors (Lipinski definition) is 5. The van der Waals surface area contributed by atoms with E-state index in [1.54, 1.807) is 31.3 Å². The van der Waals surface area contributed by atoms with Gasteiger partial charge in [0.2, 0.25) is 5.91 Å². The van der Waals surface area contributed by atoms with E-state index in [0.29, 0.717) is 11.7 Å². The van der Waals surface area contributed by atoms with E-state index in [0.717, 1.165) is 21.5 Å². The average molecular weight is 313 g/mol. The normalized spacial score (nSPS) is 10.6. The molecule has 0 spiro atoms. The Morgan fingerprint density at radius 3 is 2.91 bits per heavy atom. The van der Waals surface area contributed by atoms with Gasteiger partial charge in [-0.25, -0.2) is 4.98 Å². The molecule has 0 atom stereocenters. The summed E-state index contributed by atoms with van der Waals surface area (Å²) in [5.41, 5.74) is 1.80. The number of aromatic nitrogens is 2. The van der Waals surface area contributed by atoms with Crippen LogP contribution in [0, 0.1) is 0 Å². The predicted octanol–water partition coefficient (Wildman–Crippen LogP) is 3.25. The first-order valence-electron chi connectivity index (χ1n) is 6.79. The second-order valence-corrected chi connectivity index (χ2v) is 5.81. The number of thiazole rings is 1. The van der Waals surface area contributed by atoms with Crippen LogP contribution < -0.4 is 9.64 Å². The molecule has 0 radical (unpaired) electrons. The Balaban J connectivity index is 1.96. The van der Waals surface area contributed by atoms with Crippen molar-refractivity contribution in [3.05, 3.63) is 48.3 Å². The number of fused-ring (bicyclic) bond motifs is 1. The van der Waals surface area contributed by atoms with Gasteiger partial charge in [0, 0.05) is 25.4 Å². The van der Waals surface area contributed by atoms with Gasteiger partial charge in [-0.3, -0.25) is 14.7 Å². The lowest BCUT2D eigenvalue weighted by Crippen LogP contribution is -2.27. The smallest absolute Gasteiger partial charge is 0.225 e. The van der Waals surface area contributed by atoms with E-state index in [1.165, 1.54) is 11.3 Å². The quantitative estimate of drug-likeness (QED) is 0.742. The number of ether oxygens (including phenoxy) is 1. The zero-order valence-corrected chi connectivity index (χ0v) is 13.1. The summed E-state index contributed by atoms with van der Waals surface area (Å²) in [6, 6.07) is 9.52. The predicted molar refractivity (Wildman–Crippen MR) is 87.3 cm³/mol. The van der Waals surface area contributed by atoms with E-state index in [2.05, 4.69) is 9.97 Å². The van der Waals surface area contributed by atoms with Crippen LogP contribution in [0.25, 0.3) is 10.2 Å². The number of carbonyl (C=O) groups is 1. The Morgan fingerprint density at radius 1 is 1.36 bits per heavy atom. The van der Waals surface area contributed by atoms with Crippen molar-refractivity contribution in [3.8, 4) is 5.75 Å². The lowest BCUT2D eigenvalue weighted by molar-refractivity contribution is -0.116. The van der Waals surface area contributed by atoms with Crippen LogP contribution in [-0.2, 0) is 11.3 Å². The molecule has 0 aliphatic carbocycles. The molecular formula is C16H15N3O2S. The van der Waals surface area contributed by atoms with Gasteiger partial charge < -0.3 is 4.74 Å². The summed E-state index contributed by atoms with van der Waals surface area (Å²) in [7, 11) is 1.62. The van der Waals surface area contributed by atoms with Gasteiger partial charge in [-0.2, -0.15) is 0 Å². The van der Waals surface area contributed by atoms with Crippen molar-refractivity contribution in [2.45, 2.75) is 13.5 Å². The highest BCUT2D eigenvalue weighted by atomic mass is 32.1. The van der Waals surface area contributed by atoms with Crippen LogP contribution in [-0.4, -0.2) is 23.0 Å². The SMILES string of the molecule is COc1ccc2sc(N(Cc3cccnc3)C(C)=O)nc2c1. The first kappa shape index (κ1) is 14.5. The summed E-state index contributed by atoms with van der Waals surface area (Å²) in [5, 5.41) is 0.680. The van der Waals surface area contributed by atoms with Gasteiger partial charge in [-0.1, -0.05) is 17.4 Å². The van der Waals surface area contributed by atoms with Crippen molar-refractivity contribution in [2.75, 3.05) is 12.0 Å². The number of rotatable bonds is 4. The number of benzene rings is 1. The molecule has 1 aromatic carbocycles. The number of methoxy groups -OCH3 is 1. The molecular weight excluding hydrogens is 298 g/mol. The maximum Gasteiger partial charge on any atom is 0.225 e. The molecule has 112 valence electrons. The molecule has 0 unspecified atom stereocenters. The van der Waals surface area contributed by atoms with E-state index in [4.69, 9.17) is 4.74 Å². The summed E-state index contributed by atoms with van der Waals surface area (Å²) in [4.78, 5) is 22.3. The van der Waals surface area contributed by atoms with Gasteiger partial charge in [0.1, 0.15) is 5.75 Å². The largest absolute Gasteiger partial charge is 0.497 e. The van der Waals surface area contributed by atoms with E-state index in [-0.39, 0.29) is 5.91 Å². The Bertz CT molecular complexity index is 802. The van der Waals surface area contributed by atoms with Crippen LogP contribution >= 0.6 is 11.3 Å². The van der Waals surface area contributed by atoms with Gasteiger partial charge in [0.25, 0.3) is 0 Å². The minimum Gasteiger partial charge on any atom is -0.497 e. The highest BCUT2D eigenvalue weighted by Gasteiger charge is 2.17. The van der Waals surface area contributed by atoms with E-state index < -0.39 is 0 Å². The van der Waals surface area contributed by atoms with Crippen molar-refractivity contribution in [1.29, 1.82) is 0 Å². The zero-order valence-electron chi connectivity index (χ0n) is 12.3. The monoisotopic (exact) mass is 313 g/mol. The maximum absolute atomic E-state index is 12.0. The standard InChI is InChI=1S/C16H15N3O2S/c1-11(20)19(10-12-4-3-7-17-9-12)16-18-14-8-13(21-2)5-6-15(14)22-16/h3-9H,10H2,1-2H3. The van der Waals surface area contributed by atoms with Crippen LogP contribution in [0.3, 0.4) is 0 Å². The summed E-state index contributed by atoms with van der Waals surface area (Å²) >= 11 is 1.49. The van der Waals surface area contributed by atoms with Crippen molar-refractivity contribution in [1.82, 2.24) is 9.97 Å². The molecule has 0 bridgehead atoms. The minimum absolute atomic E-state index is 0.0464. The molecule has 22 heavy (non-hydrogen) atoms. The lowest BCUT2D eigenvalue weighted by atomic mass is 10.3. The van der Waals surface area contributed by atoms with Crippen molar-refractivity contribution in [3.63, 3.8) is 0 Å². The third-order valence-electron chi connectivity index (χ3n) is 3.26. The van der Waals surface area contributed by atoms with Gasteiger partial charge in [0.15, 0.2) is 5.13 Å². The van der Waals surface area contributed by atoms with Gasteiger partial charge in [-0.05, 0) is 23.8 Å². The van der Waals surface area contributed by atoms with Gasteiger partial charge in [0.05, 0.1) is 23.9 Å². The minimum atomic E-state index is -0.0464. The topological polar surface area (TPSA) is 55.3 Å². The third kappa shape index (κ3) is 2.92. The van der Waals surface area contributed by atoms with Crippen molar-refractivity contribution < 1.29 is 9.53 Å². The number of pyridine rings is 1. The molecule has 0 aliphatic rings. The number of nitrogens with zero attached hydrogens (tertiary/aromatic N) is 3. The molecule has 3 aromatic rings. The summed E-state index contributed by atoms with van der Waals surface area (Å²) < 4.78 is 6.23. The summed E-state index contributed by atoms with van der Waals surface area (Å²) in [6.45, 7) is 2.00. The van der Waals surface area contributed by atoms with Crippen LogP contribution in [0.4, 0.5) is 5.13 Å². The average Bonchev–Trinajstić information content (AvgIpc) is 2.95. The number of anilines is 1. The van der Waals surface area contributed by atoms with Crippen LogP contribution in [0.15, 0.2) is 42.7 Å². The molecule has 0 saturated heterocycles. The molecule has 1 amide bonds. The lowest BCUT2D eigenvalue weighted by Gasteiger charge is -2.17. The highest BCUT2D eigenvalue weighted by Crippen LogP contribution is 2.31. The first-order chi connectivity index (χ1) is 10.7. The fourth-order valence-corrected chi connectivity index (χ4v) is 3.11. The number of carbonyl (C=O) groups excluding carboxylic acids is 1. The Morgan fingerprint density at radius 2 is 2.23 bits per heavy atom. The van der Waals surface area contributed by atoms with E-state index >= 15 is 0 Å². The van der Waals surface area contributed by atoms with Gasteiger partial charge >= 0.3 is 0 Å². The van der Waals surface area contributed by atoms with E-state index in [9.17, 15) is 4.79 Å². The van der Waals surface area contributed by atoms with Crippen molar-refractivity contribution >= 4 is 32.6 Å². The number of amides is 1. The second kappa shape index (κ2) is 6.11. The van der Waals surface area contributed by atoms with Crippen LogP contribution in [0.5, 0.6) is 5.75 Å². The maximum atomic E-state index is 12.0. The molecule has 0 fully saturated rings. The molecule has 2 aromatic heterocycles. The molecule has 5 nitrogen and oxygen atoms in total. The third-order valence-corrected chi connectivity index (χ3v) is 4.32. The Kier molecular flexibility index (Phi) is 4.02.